The maximum atomic E-state index is 5.86. The van der Waals surface area contributed by atoms with Gasteiger partial charge >= 0.3 is 0 Å². The monoisotopic (exact) mass is 260 g/mol. The Balaban J connectivity index is 1.97. The maximum absolute atomic E-state index is 5.86. The molecule has 2 aromatic heterocycles. The molecule has 0 bridgehead atoms. The molecule has 0 aliphatic carbocycles. The number of benzene rings is 1. The van der Waals surface area contributed by atoms with Crippen LogP contribution in [0.1, 0.15) is 0 Å². The third kappa shape index (κ3) is 2.16. The van der Waals surface area contributed by atoms with Crippen LogP contribution < -0.4 is 0 Å². The zero-order valence-corrected chi connectivity index (χ0v) is 10.4. The van der Waals surface area contributed by atoms with Crippen LogP contribution in [-0.2, 0) is 0 Å². The third-order valence-corrected chi connectivity index (χ3v) is 3.77. The van der Waals surface area contributed by atoms with Crippen molar-refractivity contribution in [2.75, 3.05) is 0 Å². The van der Waals surface area contributed by atoms with E-state index in [4.69, 9.17) is 11.6 Å². The summed E-state index contributed by atoms with van der Waals surface area (Å²) in [4.78, 5) is 9.77. The number of hydrogen-bond acceptors (Lipinski definition) is 2. The van der Waals surface area contributed by atoms with Gasteiger partial charge in [0, 0.05) is 32.6 Å². The summed E-state index contributed by atoms with van der Waals surface area (Å²) in [6, 6.07) is 11.8. The van der Waals surface area contributed by atoms with Crippen molar-refractivity contribution in [3.8, 4) is 0 Å². The van der Waals surface area contributed by atoms with Gasteiger partial charge in [0.1, 0.15) is 5.65 Å². The molecule has 3 aromatic rings. The lowest BCUT2D eigenvalue weighted by Crippen LogP contribution is -1.74. The molecule has 2 heterocycles. The first-order chi connectivity index (χ1) is 8.33. The molecule has 4 heteroatoms. The van der Waals surface area contributed by atoms with Crippen LogP contribution >= 0.6 is 23.4 Å². The van der Waals surface area contributed by atoms with Gasteiger partial charge in [-0.05, 0) is 36.4 Å². The van der Waals surface area contributed by atoms with Gasteiger partial charge in [-0.15, -0.1) is 0 Å². The van der Waals surface area contributed by atoms with Gasteiger partial charge < -0.3 is 4.98 Å². The first kappa shape index (κ1) is 10.7. The highest BCUT2D eigenvalue weighted by Crippen LogP contribution is 2.33. The normalized spacial score (nSPS) is 10.9. The minimum Gasteiger partial charge on any atom is -0.345 e. The second-order valence-corrected chi connectivity index (χ2v) is 5.16. The fraction of sp³-hybridized carbons (Fsp3) is 0. The molecule has 1 N–H and O–H groups in total. The van der Waals surface area contributed by atoms with Crippen molar-refractivity contribution >= 4 is 34.4 Å². The van der Waals surface area contributed by atoms with Gasteiger partial charge in [-0.25, -0.2) is 4.98 Å². The number of halogens is 1. The van der Waals surface area contributed by atoms with Crippen molar-refractivity contribution in [2.45, 2.75) is 9.79 Å². The van der Waals surface area contributed by atoms with Gasteiger partial charge in [-0.3, -0.25) is 0 Å². The van der Waals surface area contributed by atoms with Crippen LogP contribution in [0.2, 0.25) is 5.02 Å². The van der Waals surface area contributed by atoms with E-state index in [0.29, 0.717) is 0 Å². The summed E-state index contributed by atoms with van der Waals surface area (Å²) in [5.74, 6) is 0. The fourth-order valence-electron chi connectivity index (χ4n) is 1.64. The molecule has 0 spiro atoms. The number of nitrogens with zero attached hydrogens (tertiary/aromatic N) is 1. The second kappa shape index (κ2) is 4.43. The lowest BCUT2D eigenvalue weighted by molar-refractivity contribution is 1.32. The predicted octanol–water partition coefficient (Wildman–Crippen LogP) is 4.37. The number of H-pyrrole nitrogens is 1. The summed E-state index contributed by atoms with van der Waals surface area (Å²) >= 11 is 7.57. The first-order valence-electron chi connectivity index (χ1n) is 5.18. The second-order valence-electron chi connectivity index (χ2n) is 3.61. The quantitative estimate of drug-likeness (QED) is 0.741. The molecular weight excluding hydrogens is 252 g/mol. The van der Waals surface area contributed by atoms with Gasteiger partial charge in [0.2, 0.25) is 0 Å². The highest BCUT2D eigenvalue weighted by Gasteiger charge is 2.05. The van der Waals surface area contributed by atoms with E-state index in [9.17, 15) is 0 Å². The number of rotatable bonds is 2. The van der Waals surface area contributed by atoms with E-state index in [1.165, 1.54) is 9.79 Å². The minimum atomic E-state index is 0.759. The predicted molar refractivity (Wildman–Crippen MR) is 71.7 cm³/mol. The summed E-state index contributed by atoms with van der Waals surface area (Å²) in [6.45, 7) is 0. The van der Waals surface area contributed by atoms with Crippen molar-refractivity contribution < 1.29 is 0 Å². The van der Waals surface area contributed by atoms with Crippen molar-refractivity contribution in [3.05, 3.63) is 53.8 Å². The Morgan fingerprint density at radius 1 is 1.12 bits per heavy atom. The Morgan fingerprint density at radius 2 is 1.94 bits per heavy atom. The lowest BCUT2D eigenvalue weighted by Gasteiger charge is -1.99. The standard InChI is InChI=1S/C13H9ClN2S/c14-9-3-5-10(6-4-9)17-12-8-16-13-11(12)2-1-7-15-13/h1-8H,(H,15,16). The molecule has 0 saturated carbocycles. The van der Waals surface area contributed by atoms with Crippen LogP contribution in [0.4, 0.5) is 0 Å². The van der Waals surface area contributed by atoms with Crippen molar-refractivity contribution in [1.82, 2.24) is 9.97 Å². The molecule has 0 atom stereocenters. The summed E-state index contributed by atoms with van der Waals surface area (Å²) in [6.07, 6.45) is 3.77. The fourth-order valence-corrected chi connectivity index (χ4v) is 2.69. The molecule has 0 aliphatic heterocycles. The van der Waals surface area contributed by atoms with Crippen LogP contribution in [0.5, 0.6) is 0 Å². The van der Waals surface area contributed by atoms with E-state index in [0.717, 1.165) is 16.1 Å². The van der Waals surface area contributed by atoms with E-state index in [-0.39, 0.29) is 0 Å². The number of fused-ring (bicyclic) bond motifs is 1. The molecule has 0 radical (unpaired) electrons. The van der Waals surface area contributed by atoms with E-state index >= 15 is 0 Å². The number of aromatic amines is 1. The number of pyridine rings is 1. The van der Waals surface area contributed by atoms with Crippen LogP contribution in [0.25, 0.3) is 11.0 Å². The topological polar surface area (TPSA) is 28.7 Å². The Morgan fingerprint density at radius 3 is 2.76 bits per heavy atom. The van der Waals surface area contributed by atoms with Gasteiger partial charge in [0.05, 0.1) is 0 Å². The van der Waals surface area contributed by atoms with Crippen molar-refractivity contribution in [3.63, 3.8) is 0 Å². The number of aromatic nitrogens is 2. The minimum absolute atomic E-state index is 0.759. The molecule has 84 valence electrons. The van der Waals surface area contributed by atoms with Gasteiger partial charge in [0.15, 0.2) is 0 Å². The lowest BCUT2D eigenvalue weighted by atomic mass is 10.3. The smallest absolute Gasteiger partial charge is 0.138 e. The van der Waals surface area contributed by atoms with Gasteiger partial charge in [-0.1, -0.05) is 23.4 Å². The molecule has 0 fully saturated rings. The maximum Gasteiger partial charge on any atom is 0.138 e. The molecule has 17 heavy (non-hydrogen) atoms. The molecule has 0 saturated heterocycles. The highest BCUT2D eigenvalue weighted by molar-refractivity contribution is 7.99. The van der Waals surface area contributed by atoms with E-state index in [1.807, 2.05) is 36.5 Å². The van der Waals surface area contributed by atoms with Crippen LogP contribution in [0.3, 0.4) is 0 Å². The largest absolute Gasteiger partial charge is 0.345 e. The van der Waals surface area contributed by atoms with Crippen molar-refractivity contribution in [1.29, 1.82) is 0 Å². The highest BCUT2D eigenvalue weighted by atomic mass is 35.5. The molecule has 2 nitrogen and oxygen atoms in total. The Hall–Kier alpha value is -1.45. The molecule has 1 aromatic carbocycles. The van der Waals surface area contributed by atoms with E-state index in [1.54, 1.807) is 18.0 Å². The average Bonchev–Trinajstić information content (AvgIpc) is 2.76. The summed E-state index contributed by atoms with van der Waals surface area (Å²) in [5, 5.41) is 1.90. The number of nitrogens with one attached hydrogen (secondary N) is 1. The first-order valence-corrected chi connectivity index (χ1v) is 6.38. The van der Waals surface area contributed by atoms with Crippen LogP contribution in [0, 0.1) is 0 Å². The molecule has 0 unspecified atom stereocenters. The summed E-state index contributed by atoms with van der Waals surface area (Å²) in [5.41, 5.74) is 0.920. The van der Waals surface area contributed by atoms with Gasteiger partial charge in [-0.2, -0.15) is 0 Å². The summed E-state index contributed by atoms with van der Waals surface area (Å²) in [7, 11) is 0. The Bertz CT molecular complexity index is 646. The zero-order chi connectivity index (χ0) is 11.7. The Labute approximate surface area is 108 Å². The summed E-state index contributed by atoms with van der Waals surface area (Å²) < 4.78 is 0. The Kier molecular flexibility index (Phi) is 2.79. The molecule has 0 aliphatic rings. The zero-order valence-electron chi connectivity index (χ0n) is 8.85. The third-order valence-electron chi connectivity index (χ3n) is 2.45. The van der Waals surface area contributed by atoms with Crippen LogP contribution in [0.15, 0.2) is 58.6 Å². The van der Waals surface area contributed by atoms with E-state index < -0.39 is 0 Å². The molecule has 0 amide bonds. The van der Waals surface area contributed by atoms with Gasteiger partial charge in [0.25, 0.3) is 0 Å². The van der Waals surface area contributed by atoms with Crippen LogP contribution in [-0.4, -0.2) is 9.97 Å². The molecular formula is C13H9ClN2S. The number of hydrogen-bond donors (Lipinski definition) is 1. The van der Waals surface area contributed by atoms with E-state index in [2.05, 4.69) is 16.0 Å². The molecule has 3 rings (SSSR count). The SMILES string of the molecule is Clc1ccc(Sc2c[nH]c3ncccc23)cc1. The average molecular weight is 261 g/mol. The van der Waals surface area contributed by atoms with Crippen molar-refractivity contribution in [2.24, 2.45) is 0 Å².